The molecule has 1 aromatic carbocycles. The van der Waals surface area contributed by atoms with Gasteiger partial charge in [-0.15, -0.1) is 0 Å². The van der Waals surface area contributed by atoms with Crippen molar-refractivity contribution in [3.63, 3.8) is 0 Å². The molecule has 0 unspecified atom stereocenters. The van der Waals surface area contributed by atoms with Crippen LogP contribution >= 0.6 is 0 Å². The lowest BCUT2D eigenvalue weighted by atomic mass is 10.0. The van der Waals surface area contributed by atoms with E-state index in [-0.39, 0.29) is 0 Å². The standard InChI is InChI=1S/C11H14N2/c1-8-3-4-10(9(2)7-8)11-5-6-12-13-11/h3-4,7,12H,5-6H2,1-2H3. The Balaban J connectivity index is 2.40. The third kappa shape index (κ3) is 1.57. The highest BCUT2D eigenvalue weighted by Gasteiger charge is 2.10. The molecule has 1 N–H and O–H groups in total. The van der Waals surface area contributed by atoms with Gasteiger partial charge < -0.3 is 5.43 Å². The lowest BCUT2D eigenvalue weighted by Crippen LogP contribution is -2.00. The molecule has 0 radical (unpaired) electrons. The Hall–Kier alpha value is -1.31. The van der Waals surface area contributed by atoms with Gasteiger partial charge in [-0.25, -0.2) is 0 Å². The minimum atomic E-state index is 0.975. The molecule has 0 saturated heterocycles. The predicted molar refractivity (Wildman–Crippen MR) is 55.1 cm³/mol. The minimum Gasteiger partial charge on any atom is -0.309 e. The lowest BCUT2D eigenvalue weighted by Gasteiger charge is -2.04. The van der Waals surface area contributed by atoms with Crippen LogP contribution in [0.2, 0.25) is 0 Å². The molecule has 0 atom stereocenters. The Labute approximate surface area is 78.7 Å². The van der Waals surface area contributed by atoms with E-state index in [2.05, 4.69) is 42.6 Å². The Morgan fingerprint density at radius 1 is 1.31 bits per heavy atom. The molecule has 2 heteroatoms. The molecule has 0 bridgehead atoms. The number of rotatable bonds is 1. The van der Waals surface area contributed by atoms with Gasteiger partial charge >= 0.3 is 0 Å². The summed E-state index contributed by atoms with van der Waals surface area (Å²) < 4.78 is 0. The highest BCUT2D eigenvalue weighted by molar-refractivity contribution is 6.02. The summed E-state index contributed by atoms with van der Waals surface area (Å²) >= 11 is 0. The smallest absolute Gasteiger partial charge is 0.0696 e. The summed E-state index contributed by atoms with van der Waals surface area (Å²) in [6.45, 7) is 5.23. The van der Waals surface area contributed by atoms with Gasteiger partial charge in [-0.3, -0.25) is 0 Å². The van der Waals surface area contributed by atoms with Gasteiger partial charge in [0, 0.05) is 18.5 Å². The molecule has 0 saturated carbocycles. The van der Waals surface area contributed by atoms with Crippen LogP contribution in [0.15, 0.2) is 23.3 Å². The summed E-state index contributed by atoms with van der Waals surface area (Å²) in [5, 5.41) is 4.26. The molecule has 1 aromatic rings. The number of aryl methyl sites for hydroxylation is 2. The van der Waals surface area contributed by atoms with Crippen molar-refractivity contribution in [3.8, 4) is 0 Å². The van der Waals surface area contributed by atoms with Crippen molar-refractivity contribution in [2.75, 3.05) is 6.54 Å². The Morgan fingerprint density at radius 2 is 2.15 bits per heavy atom. The molecule has 0 amide bonds. The zero-order valence-electron chi connectivity index (χ0n) is 8.09. The Morgan fingerprint density at radius 3 is 2.77 bits per heavy atom. The molecule has 1 aliphatic heterocycles. The molecule has 1 aliphatic rings. The molecule has 1 heterocycles. The first kappa shape index (κ1) is 8.30. The molecular weight excluding hydrogens is 160 g/mol. The molecule has 0 aliphatic carbocycles. The summed E-state index contributed by atoms with van der Waals surface area (Å²) in [5.74, 6) is 0. The zero-order valence-corrected chi connectivity index (χ0v) is 8.09. The van der Waals surface area contributed by atoms with Crippen molar-refractivity contribution in [1.29, 1.82) is 0 Å². The number of nitrogens with zero attached hydrogens (tertiary/aromatic N) is 1. The molecule has 2 nitrogen and oxygen atoms in total. The highest BCUT2D eigenvalue weighted by Crippen LogP contribution is 2.14. The maximum Gasteiger partial charge on any atom is 0.0696 e. The van der Waals surface area contributed by atoms with E-state index in [4.69, 9.17) is 0 Å². The third-order valence-corrected chi connectivity index (χ3v) is 2.38. The molecule has 0 aromatic heterocycles. The minimum absolute atomic E-state index is 0.975. The molecule has 68 valence electrons. The fourth-order valence-electron chi connectivity index (χ4n) is 1.71. The van der Waals surface area contributed by atoms with Crippen molar-refractivity contribution in [1.82, 2.24) is 5.43 Å². The van der Waals surface area contributed by atoms with Gasteiger partial charge in [-0.05, 0) is 19.4 Å². The average Bonchev–Trinajstić information content (AvgIpc) is 2.56. The van der Waals surface area contributed by atoms with Crippen molar-refractivity contribution in [2.45, 2.75) is 20.3 Å². The Bertz CT molecular complexity index is 353. The number of hydrazone groups is 1. The monoisotopic (exact) mass is 174 g/mol. The second kappa shape index (κ2) is 3.21. The second-order valence-electron chi connectivity index (χ2n) is 3.53. The van der Waals surface area contributed by atoms with E-state index in [1.807, 2.05) is 0 Å². The number of nitrogens with one attached hydrogen (secondary N) is 1. The first-order chi connectivity index (χ1) is 6.27. The summed E-state index contributed by atoms with van der Waals surface area (Å²) in [6, 6.07) is 6.51. The number of benzene rings is 1. The molecule has 13 heavy (non-hydrogen) atoms. The van der Waals surface area contributed by atoms with Gasteiger partial charge in [0.25, 0.3) is 0 Å². The van der Waals surface area contributed by atoms with Crippen LogP contribution < -0.4 is 5.43 Å². The van der Waals surface area contributed by atoms with E-state index in [9.17, 15) is 0 Å². The largest absolute Gasteiger partial charge is 0.309 e. The fourth-order valence-corrected chi connectivity index (χ4v) is 1.71. The van der Waals surface area contributed by atoms with Crippen LogP contribution in [0.1, 0.15) is 23.1 Å². The zero-order chi connectivity index (χ0) is 9.26. The second-order valence-corrected chi connectivity index (χ2v) is 3.53. The molecule has 0 fully saturated rings. The van der Waals surface area contributed by atoms with Crippen LogP contribution in [-0.2, 0) is 0 Å². The van der Waals surface area contributed by atoms with E-state index < -0.39 is 0 Å². The summed E-state index contributed by atoms with van der Waals surface area (Å²) in [6.07, 6.45) is 1.05. The molecule has 0 spiro atoms. The summed E-state index contributed by atoms with van der Waals surface area (Å²) in [4.78, 5) is 0. The van der Waals surface area contributed by atoms with Crippen molar-refractivity contribution in [2.24, 2.45) is 5.10 Å². The van der Waals surface area contributed by atoms with Crippen molar-refractivity contribution < 1.29 is 0 Å². The topological polar surface area (TPSA) is 24.4 Å². The van der Waals surface area contributed by atoms with Crippen molar-refractivity contribution >= 4 is 5.71 Å². The van der Waals surface area contributed by atoms with E-state index in [0.29, 0.717) is 0 Å². The average molecular weight is 174 g/mol. The van der Waals surface area contributed by atoms with Gasteiger partial charge in [0.05, 0.1) is 5.71 Å². The van der Waals surface area contributed by atoms with Crippen molar-refractivity contribution in [3.05, 3.63) is 34.9 Å². The highest BCUT2D eigenvalue weighted by atomic mass is 15.3. The molecular formula is C11H14N2. The van der Waals surface area contributed by atoms with E-state index >= 15 is 0 Å². The third-order valence-electron chi connectivity index (χ3n) is 2.38. The number of hydrogen-bond donors (Lipinski definition) is 1. The van der Waals surface area contributed by atoms with Gasteiger partial charge in [0.2, 0.25) is 0 Å². The Kier molecular flexibility index (Phi) is 2.05. The van der Waals surface area contributed by atoms with Crippen LogP contribution in [0.25, 0.3) is 0 Å². The van der Waals surface area contributed by atoms with Crippen LogP contribution in [0, 0.1) is 13.8 Å². The maximum absolute atomic E-state index is 4.26. The first-order valence-corrected chi connectivity index (χ1v) is 4.64. The van der Waals surface area contributed by atoms with Crippen LogP contribution in [0.3, 0.4) is 0 Å². The first-order valence-electron chi connectivity index (χ1n) is 4.64. The van der Waals surface area contributed by atoms with Crippen LogP contribution in [-0.4, -0.2) is 12.3 Å². The summed E-state index contributed by atoms with van der Waals surface area (Å²) in [7, 11) is 0. The van der Waals surface area contributed by atoms with E-state index in [0.717, 1.165) is 13.0 Å². The SMILES string of the molecule is Cc1ccc(C2=NNCC2)c(C)c1. The van der Waals surface area contributed by atoms with E-state index in [1.165, 1.54) is 22.4 Å². The van der Waals surface area contributed by atoms with Gasteiger partial charge in [0.1, 0.15) is 0 Å². The van der Waals surface area contributed by atoms with Crippen LogP contribution in [0.5, 0.6) is 0 Å². The summed E-state index contributed by atoms with van der Waals surface area (Å²) in [5.41, 5.74) is 8.11. The van der Waals surface area contributed by atoms with E-state index in [1.54, 1.807) is 0 Å². The normalized spacial score (nSPS) is 15.4. The van der Waals surface area contributed by atoms with Gasteiger partial charge in [0.15, 0.2) is 0 Å². The maximum atomic E-state index is 4.26. The predicted octanol–water partition coefficient (Wildman–Crippen LogP) is 2.00. The van der Waals surface area contributed by atoms with Crippen LogP contribution in [0.4, 0.5) is 0 Å². The van der Waals surface area contributed by atoms with Gasteiger partial charge in [-0.1, -0.05) is 23.8 Å². The van der Waals surface area contributed by atoms with Gasteiger partial charge in [-0.2, -0.15) is 5.10 Å². The molecule has 2 rings (SSSR count). The lowest BCUT2D eigenvalue weighted by molar-refractivity contribution is 0.813. The fraction of sp³-hybridized carbons (Fsp3) is 0.364. The number of hydrogen-bond acceptors (Lipinski definition) is 2. The quantitative estimate of drug-likeness (QED) is 0.692.